The molecule has 0 fully saturated rings. The molecule has 2 N–H and O–H groups in total. The molecule has 21 heavy (non-hydrogen) atoms. The average molecular weight is 291 g/mol. The number of carbonyl (C=O) groups excluding carboxylic acids is 2. The summed E-state index contributed by atoms with van der Waals surface area (Å²) >= 11 is 0. The van der Waals surface area contributed by atoms with Crippen molar-refractivity contribution in [3.05, 3.63) is 23.9 Å². The van der Waals surface area contributed by atoms with Crippen molar-refractivity contribution in [3.8, 4) is 11.5 Å². The van der Waals surface area contributed by atoms with Gasteiger partial charge >= 0.3 is 0 Å². The zero-order valence-corrected chi connectivity index (χ0v) is 11.7. The Kier molecular flexibility index (Phi) is 4.32. The molecule has 0 saturated heterocycles. The Morgan fingerprint density at radius 2 is 1.90 bits per heavy atom. The third-order valence-corrected chi connectivity index (χ3v) is 3.01. The zero-order valence-electron chi connectivity index (χ0n) is 11.7. The first-order chi connectivity index (χ1) is 10.1. The molecule has 0 saturated carbocycles. The second-order valence-electron chi connectivity index (χ2n) is 4.32. The van der Waals surface area contributed by atoms with E-state index < -0.39 is 11.9 Å². The Labute approximate surface area is 120 Å². The molecule has 0 aliphatic carbocycles. The van der Waals surface area contributed by atoms with E-state index in [1.165, 1.54) is 14.2 Å². The van der Waals surface area contributed by atoms with Gasteiger partial charge in [0.15, 0.2) is 0 Å². The summed E-state index contributed by atoms with van der Waals surface area (Å²) in [4.78, 5) is 25.2. The van der Waals surface area contributed by atoms with Gasteiger partial charge in [-0.05, 0) is 18.2 Å². The van der Waals surface area contributed by atoms with E-state index in [-0.39, 0.29) is 13.0 Å². The van der Waals surface area contributed by atoms with Crippen LogP contribution in [-0.2, 0) is 4.79 Å². The van der Waals surface area contributed by atoms with E-state index in [1.807, 2.05) is 0 Å². The number of fused-ring (bicyclic) bond motifs is 1. The normalized spacial score (nSPS) is 10.4. The lowest BCUT2D eigenvalue weighted by Gasteiger charge is -2.05. The number of carboxylic acids is 1. The molecule has 0 unspecified atom stereocenters. The molecule has 0 spiro atoms. The topological polar surface area (TPSA) is 103 Å². The van der Waals surface area contributed by atoms with Crippen LogP contribution in [0, 0.1) is 0 Å². The summed E-state index contributed by atoms with van der Waals surface area (Å²) in [6.07, 6.45) is -0.237. The van der Waals surface area contributed by atoms with Crippen molar-refractivity contribution in [2.75, 3.05) is 20.8 Å². The van der Waals surface area contributed by atoms with E-state index in [9.17, 15) is 14.7 Å². The van der Waals surface area contributed by atoms with E-state index >= 15 is 0 Å². The number of amides is 1. The Morgan fingerprint density at radius 3 is 2.52 bits per heavy atom. The van der Waals surface area contributed by atoms with E-state index in [1.54, 1.807) is 18.2 Å². The number of hydrogen-bond donors (Lipinski definition) is 2. The number of ether oxygens (including phenoxy) is 2. The van der Waals surface area contributed by atoms with Crippen molar-refractivity contribution in [2.24, 2.45) is 0 Å². The third kappa shape index (κ3) is 3.07. The quantitative estimate of drug-likeness (QED) is 0.783. The van der Waals surface area contributed by atoms with Gasteiger partial charge in [-0.15, -0.1) is 0 Å². The first-order valence-corrected chi connectivity index (χ1v) is 6.28. The number of rotatable bonds is 6. The van der Waals surface area contributed by atoms with Crippen LogP contribution in [0.2, 0.25) is 0 Å². The van der Waals surface area contributed by atoms with Crippen LogP contribution in [0.3, 0.4) is 0 Å². The van der Waals surface area contributed by atoms with Crippen molar-refractivity contribution in [1.82, 2.24) is 10.3 Å². The molecule has 1 aromatic heterocycles. The summed E-state index contributed by atoms with van der Waals surface area (Å²) in [6, 6.07) is 5.10. The van der Waals surface area contributed by atoms with Gasteiger partial charge in [0.25, 0.3) is 5.91 Å². The number of benzene rings is 1. The molecule has 0 aliphatic rings. The predicted molar refractivity (Wildman–Crippen MR) is 73.4 cm³/mol. The molecule has 0 radical (unpaired) electrons. The Balaban J connectivity index is 2.29. The Morgan fingerprint density at radius 1 is 1.24 bits per heavy atom. The number of hydrogen-bond acceptors (Lipinski definition) is 5. The van der Waals surface area contributed by atoms with Crippen LogP contribution >= 0.6 is 0 Å². The molecular weight excluding hydrogens is 276 g/mol. The van der Waals surface area contributed by atoms with Gasteiger partial charge in [-0.3, -0.25) is 4.79 Å². The van der Waals surface area contributed by atoms with Crippen molar-refractivity contribution < 1.29 is 24.2 Å². The Hall–Kier alpha value is -2.70. The van der Waals surface area contributed by atoms with Crippen LogP contribution in [0.1, 0.15) is 16.9 Å². The number of nitrogens with one attached hydrogen (secondary N) is 2. The van der Waals surface area contributed by atoms with E-state index in [4.69, 9.17) is 9.47 Å². The fraction of sp³-hybridized carbons (Fsp3) is 0.286. The predicted octanol–water partition coefficient (Wildman–Crippen LogP) is 0.0549. The highest BCUT2D eigenvalue weighted by atomic mass is 16.5. The van der Waals surface area contributed by atoms with Crippen molar-refractivity contribution in [3.63, 3.8) is 0 Å². The second-order valence-corrected chi connectivity index (χ2v) is 4.32. The van der Waals surface area contributed by atoms with Gasteiger partial charge in [0.05, 0.1) is 19.7 Å². The first kappa shape index (κ1) is 14.7. The second kappa shape index (κ2) is 6.17. The number of carbonyl (C=O) groups is 2. The van der Waals surface area contributed by atoms with Crippen molar-refractivity contribution in [2.45, 2.75) is 6.42 Å². The minimum Gasteiger partial charge on any atom is -0.550 e. The average Bonchev–Trinajstić information content (AvgIpc) is 2.90. The maximum absolute atomic E-state index is 12.0. The summed E-state index contributed by atoms with van der Waals surface area (Å²) in [6.45, 7) is 0.00476. The monoisotopic (exact) mass is 291 g/mol. The highest BCUT2D eigenvalue weighted by molar-refractivity contribution is 6.01. The lowest BCUT2D eigenvalue weighted by molar-refractivity contribution is -0.305. The molecular formula is C14H15N2O5-. The SMILES string of the molecule is COc1ccc(OC)c2[nH]c(C(=O)NCCC(=O)[O-])cc12. The van der Waals surface area contributed by atoms with Crippen molar-refractivity contribution in [1.29, 1.82) is 0 Å². The van der Waals surface area contributed by atoms with Gasteiger partial charge in [0, 0.05) is 24.3 Å². The van der Waals surface area contributed by atoms with Crippen LogP contribution in [0.25, 0.3) is 10.9 Å². The summed E-state index contributed by atoms with van der Waals surface area (Å²) < 4.78 is 10.5. The number of methoxy groups -OCH3 is 2. The molecule has 7 nitrogen and oxygen atoms in total. The van der Waals surface area contributed by atoms with Crippen LogP contribution in [0.15, 0.2) is 18.2 Å². The van der Waals surface area contributed by atoms with E-state index in [0.717, 1.165) is 0 Å². The minimum absolute atomic E-state index is 0.00476. The number of aromatic nitrogens is 1. The lowest BCUT2D eigenvalue weighted by atomic mass is 10.2. The first-order valence-electron chi connectivity index (χ1n) is 6.28. The van der Waals surface area contributed by atoms with Crippen LogP contribution < -0.4 is 19.9 Å². The molecule has 2 aromatic rings. The minimum atomic E-state index is -1.21. The molecule has 1 aromatic carbocycles. The van der Waals surface area contributed by atoms with Gasteiger partial charge in [0.1, 0.15) is 17.2 Å². The summed E-state index contributed by atoms with van der Waals surface area (Å²) in [5.74, 6) is -0.428. The van der Waals surface area contributed by atoms with Gasteiger partial charge in [-0.1, -0.05) is 0 Å². The van der Waals surface area contributed by atoms with Crippen molar-refractivity contribution >= 4 is 22.8 Å². The van der Waals surface area contributed by atoms with Gasteiger partial charge in [0.2, 0.25) is 0 Å². The highest BCUT2D eigenvalue weighted by Crippen LogP contribution is 2.33. The third-order valence-electron chi connectivity index (χ3n) is 3.01. The molecule has 0 bridgehead atoms. The summed E-state index contributed by atoms with van der Waals surface area (Å²) in [5, 5.41) is 13.5. The zero-order chi connectivity index (χ0) is 15.4. The van der Waals surface area contributed by atoms with Crippen LogP contribution in [0.5, 0.6) is 11.5 Å². The largest absolute Gasteiger partial charge is 0.550 e. The highest BCUT2D eigenvalue weighted by Gasteiger charge is 2.14. The number of H-pyrrole nitrogens is 1. The molecule has 1 heterocycles. The smallest absolute Gasteiger partial charge is 0.267 e. The Bertz CT molecular complexity index is 636. The standard InChI is InChI=1S/C14H16N2O5/c1-20-10-3-4-11(21-2)13-8(10)7-9(16-13)14(19)15-6-5-12(17)18/h3-4,7,16H,5-6H2,1-2H3,(H,15,19)(H,17,18)/p-1. The summed E-state index contributed by atoms with van der Waals surface area (Å²) in [7, 11) is 3.07. The van der Waals surface area contributed by atoms with Crippen LogP contribution in [0.4, 0.5) is 0 Å². The number of aliphatic carboxylic acids is 1. The maximum atomic E-state index is 12.0. The molecule has 1 amide bonds. The fourth-order valence-corrected chi connectivity index (χ4v) is 2.01. The molecule has 7 heteroatoms. The number of carboxylic acid groups (broad SMARTS) is 1. The van der Waals surface area contributed by atoms with Crippen LogP contribution in [-0.4, -0.2) is 37.6 Å². The molecule has 2 rings (SSSR count). The maximum Gasteiger partial charge on any atom is 0.267 e. The molecule has 0 atom stereocenters. The lowest BCUT2D eigenvalue weighted by Crippen LogP contribution is -2.31. The fourth-order valence-electron chi connectivity index (χ4n) is 2.01. The van der Waals surface area contributed by atoms with Gasteiger partial charge < -0.3 is 29.7 Å². The number of aromatic amines is 1. The molecule has 112 valence electrons. The van der Waals surface area contributed by atoms with E-state index in [0.29, 0.717) is 28.1 Å². The van der Waals surface area contributed by atoms with E-state index in [2.05, 4.69) is 10.3 Å². The molecule has 0 aliphatic heterocycles. The summed E-state index contributed by atoms with van der Waals surface area (Å²) in [5.41, 5.74) is 0.938. The van der Waals surface area contributed by atoms with Gasteiger partial charge in [-0.2, -0.15) is 0 Å². The van der Waals surface area contributed by atoms with Gasteiger partial charge in [-0.25, -0.2) is 0 Å².